The van der Waals surface area contributed by atoms with Crippen molar-refractivity contribution in [1.82, 2.24) is 4.90 Å². The summed E-state index contributed by atoms with van der Waals surface area (Å²) in [5, 5.41) is 0. The van der Waals surface area contributed by atoms with Crippen molar-refractivity contribution in [2.75, 3.05) is 14.2 Å². The molecule has 0 heterocycles. The van der Waals surface area contributed by atoms with Crippen LogP contribution >= 0.6 is 0 Å². The van der Waals surface area contributed by atoms with E-state index in [9.17, 15) is 9.59 Å². The molecule has 1 saturated carbocycles. The molecule has 0 radical (unpaired) electrons. The van der Waals surface area contributed by atoms with Gasteiger partial charge < -0.3 is 15.4 Å². The van der Waals surface area contributed by atoms with Crippen LogP contribution in [-0.2, 0) is 11.3 Å². The van der Waals surface area contributed by atoms with Gasteiger partial charge in [-0.25, -0.2) is 0 Å². The lowest BCUT2D eigenvalue weighted by molar-refractivity contribution is -0.131. The van der Waals surface area contributed by atoms with Gasteiger partial charge in [0, 0.05) is 25.1 Å². The maximum absolute atomic E-state index is 12.7. The Balaban J connectivity index is 1.66. The minimum absolute atomic E-state index is 0.0133. The van der Waals surface area contributed by atoms with Gasteiger partial charge in [-0.05, 0) is 41.7 Å². The third-order valence-corrected chi connectivity index (χ3v) is 4.65. The van der Waals surface area contributed by atoms with Gasteiger partial charge in [0.05, 0.1) is 7.11 Å². The first-order valence-electron chi connectivity index (χ1n) is 8.28. The van der Waals surface area contributed by atoms with Gasteiger partial charge in [-0.3, -0.25) is 9.59 Å². The molecule has 2 amide bonds. The molecule has 0 bridgehead atoms. The molecule has 1 aliphatic carbocycles. The summed E-state index contributed by atoms with van der Waals surface area (Å²) in [6.45, 7) is 0.453. The summed E-state index contributed by atoms with van der Waals surface area (Å²) in [6, 6.07) is 14.9. The molecule has 2 aromatic carbocycles. The fourth-order valence-corrected chi connectivity index (χ4v) is 3.24. The van der Waals surface area contributed by atoms with E-state index in [1.165, 1.54) is 0 Å². The Hall–Kier alpha value is -2.82. The lowest BCUT2D eigenvalue weighted by Crippen LogP contribution is -2.28. The largest absolute Gasteiger partial charge is 0.496 e. The van der Waals surface area contributed by atoms with Gasteiger partial charge in [-0.2, -0.15) is 0 Å². The number of amides is 2. The monoisotopic (exact) mass is 338 g/mol. The third kappa shape index (κ3) is 3.65. The number of para-hydroxylation sites is 1. The smallest absolute Gasteiger partial charge is 0.248 e. The molecule has 2 N–H and O–H groups in total. The average Bonchev–Trinajstić information content (AvgIpc) is 3.41. The van der Waals surface area contributed by atoms with Crippen LogP contribution in [0.4, 0.5) is 0 Å². The van der Waals surface area contributed by atoms with Gasteiger partial charge in [-0.1, -0.05) is 30.3 Å². The van der Waals surface area contributed by atoms with E-state index in [0.29, 0.717) is 12.1 Å². The van der Waals surface area contributed by atoms with Gasteiger partial charge in [0.1, 0.15) is 5.75 Å². The molecule has 1 fully saturated rings. The van der Waals surface area contributed by atoms with E-state index in [0.717, 1.165) is 23.3 Å². The number of ether oxygens (including phenoxy) is 1. The minimum Gasteiger partial charge on any atom is -0.496 e. The van der Waals surface area contributed by atoms with Crippen molar-refractivity contribution in [3.05, 3.63) is 65.2 Å². The van der Waals surface area contributed by atoms with Crippen molar-refractivity contribution in [3.8, 4) is 5.75 Å². The van der Waals surface area contributed by atoms with E-state index < -0.39 is 5.91 Å². The summed E-state index contributed by atoms with van der Waals surface area (Å²) in [5.41, 5.74) is 7.75. The normalized spacial score (nSPS) is 18.5. The molecule has 5 nitrogen and oxygen atoms in total. The summed E-state index contributed by atoms with van der Waals surface area (Å²) in [5.74, 6) is 0.679. The first kappa shape index (κ1) is 17.0. The number of carbonyl (C=O) groups excluding carboxylic acids is 2. The second kappa shape index (κ2) is 6.97. The lowest BCUT2D eigenvalue weighted by Gasteiger charge is -2.18. The van der Waals surface area contributed by atoms with E-state index in [-0.39, 0.29) is 17.7 Å². The van der Waals surface area contributed by atoms with E-state index in [4.69, 9.17) is 10.5 Å². The maximum Gasteiger partial charge on any atom is 0.248 e. The highest BCUT2D eigenvalue weighted by Gasteiger charge is 2.46. The third-order valence-electron chi connectivity index (χ3n) is 4.65. The highest BCUT2D eigenvalue weighted by atomic mass is 16.5. The number of hydrogen-bond acceptors (Lipinski definition) is 3. The Kier molecular flexibility index (Phi) is 4.74. The van der Waals surface area contributed by atoms with Crippen LogP contribution in [0.15, 0.2) is 48.5 Å². The Morgan fingerprint density at radius 1 is 1.20 bits per heavy atom. The van der Waals surface area contributed by atoms with E-state index in [1.807, 2.05) is 30.3 Å². The molecule has 0 spiro atoms. The molecule has 0 aliphatic heterocycles. The van der Waals surface area contributed by atoms with Crippen LogP contribution in [0.3, 0.4) is 0 Å². The summed E-state index contributed by atoms with van der Waals surface area (Å²) < 4.78 is 5.40. The molecule has 2 aromatic rings. The first-order chi connectivity index (χ1) is 12.0. The molecule has 5 heteroatoms. The van der Waals surface area contributed by atoms with Crippen LogP contribution in [0.1, 0.15) is 33.8 Å². The molecule has 0 unspecified atom stereocenters. The standard InChI is InChI=1S/C20H22N2O3/c1-22(12-13-6-5-7-14(10-13)19(21)23)20(24)17-11-16(17)15-8-3-4-9-18(15)25-2/h3-10,16-17H,11-12H2,1-2H3,(H2,21,23)/t16-,17+/m1/s1. The second-order valence-electron chi connectivity index (χ2n) is 6.45. The number of carbonyl (C=O) groups is 2. The molecule has 0 saturated heterocycles. The van der Waals surface area contributed by atoms with Gasteiger partial charge >= 0.3 is 0 Å². The number of primary amides is 1. The fraction of sp³-hybridized carbons (Fsp3) is 0.300. The highest BCUT2D eigenvalue weighted by molar-refractivity contribution is 5.92. The maximum atomic E-state index is 12.7. The quantitative estimate of drug-likeness (QED) is 0.880. The first-order valence-corrected chi connectivity index (χ1v) is 8.28. The van der Waals surface area contributed by atoms with Crippen LogP contribution in [0, 0.1) is 5.92 Å². The van der Waals surface area contributed by atoms with Crippen molar-refractivity contribution in [3.63, 3.8) is 0 Å². The molecule has 2 atom stereocenters. The van der Waals surface area contributed by atoms with Crippen molar-refractivity contribution in [2.45, 2.75) is 18.9 Å². The summed E-state index contributed by atoms with van der Waals surface area (Å²) in [7, 11) is 3.44. The highest BCUT2D eigenvalue weighted by Crippen LogP contribution is 2.51. The van der Waals surface area contributed by atoms with Crippen LogP contribution < -0.4 is 10.5 Å². The van der Waals surface area contributed by atoms with E-state index in [1.54, 1.807) is 37.3 Å². The summed E-state index contributed by atoms with van der Waals surface area (Å²) >= 11 is 0. The van der Waals surface area contributed by atoms with Crippen molar-refractivity contribution in [2.24, 2.45) is 11.7 Å². The number of hydrogen-bond donors (Lipinski definition) is 1. The van der Waals surface area contributed by atoms with Gasteiger partial charge in [-0.15, -0.1) is 0 Å². The fourth-order valence-electron chi connectivity index (χ4n) is 3.24. The Morgan fingerprint density at radius 2 is 1.96 bits per heavy atom. The predicted octanol–water partition coefficient (Wildman–Crippen LogP) is 2.56. The molecule has 1 aliphatic rings. The average molecular weight is 338 g/mol. The molecule has 25 heavy (non-hydrogen) atoms. The van der Waals surface area contributed by atoms with Crippen LogP contribution in [0.2, 0.25) is 0 Å². The second-order valence-corrected chi connectivity index (χ2v) is 6.45. The number of benzene rings is 2. The Bertz CT molecular complexity index is 803. The van der Waals surface area contributed by atoms with Crippen molar-refractivity contribution < 1.29 is 14.3 Å². The zero-order valence-electron chi connectivity index (χ0n) is 14.4. The summed E-state index contributed by atoms with van der Waals surface area (Å²) in [4.78, 5) is 25.7. The minimum atomic E-state index is -0.464. The number of rotatable bonds is 6. The molecule has 0 aromatic heterocycles. The molecular formula is C20H22N2O3. The SMILES string of the molecule is COc1ccccc1[C@H]1C[C@@H]1C(=O)N(C)Cc1cccc(C(N)=O)c1. The van der Waals surface area contributed by atoms with Crippen LogP contribution in [0.5, 0.6) is 5.75 Å². The van der Waals surface area contributed by atoms with Crippen LogP contribution in [-0.4, -0.2) is 30.9 Å². The van der Waals surface area contributed by atoms with Crippen molar-refractivity contribution >= 4 is 11.8 Å². The number of nitrogens with zero attached hydrogens (tertiary/aromatic N) is 1. The van der Waals surface area contributed by atoms with Gasteiger partial charge in [0.15, 0.2) is 0 Å². The summed E-state index contributed by atoms with van der Waals surface area (Å²) in [6.07, 6.45) is 0.838. The molecular weight excluding hydrogens is 316 g/mol. The van der Waals surface area contributed by atoms with E-state index >= 15 is 0 Å². The lowest BCUT2D eigenvalue weighted by atomic mass is 10.1. The zero-order valence-corrected chi connectivity index (χ0v) is 14.4. The Morgan fingerprint density at radius 3 is 2.68 bits per heavy atom. The molecule has 130 valence electrons. The topological polar surface area (TPSA) is 72.6 Å². The van der Waals surface area contributed by atoms with Gasteiger partial charge in [0.25, 0.3) is 0 Å². The van der Waals surface area contributed by atoms with E-state index in [2.05, 4.69) is 0 Å². The van der Waals surface area contributed by atoms with Crippen molar-refractivity contribution in [1.29, 1.82) is 0 Å². The Labute approximate surface area is 147 Å². The number of nitrogens with two attached hydrogens (primary N) is 1. The molecule has 3 rings (SSSR count). The van der Waals surface area contributed by atoms with Crippen LogP contribution in [0.25, 0.3) is 0 Å². The number of methoxy groups -OCH3 is 1. The van der Waals surface area contributed by atoms with Gasteiger partial charge in [0.2, 0.25) is 11.8 Å². The predicted molar refractivity (Wildman–Crippen MR) is 95.3 cm³/mol. The zero-order chi connectivity index (χ0) is 18.0.